The molecule has 0 amide bonds. The third kappa shape index (κ3) is 1.55. The highest BCUT2D eigenvalue weighted by Crippen LogP contribution is 2.14. The second-order valence-corrected chi connectivity index (χ2v) is 2.80. The minimum absolute atomic E-state index is 0.383. The van der Waals surface area contributed by atoms with Gasteiger partial charge < -0.3 is 14.5 Å². The first kappa shape index (κ1) is 8.99. The van der Waals surface area contributed by atoms with Gasteiger partial charge in [0.1, 0.15) is 6.26 Å². The maximum Gasteiger partial charge on any atom is 0.489 e. The van der Waals surface area contributed by atoms with Gasteiger partial charge in [0.05, 0.1) is 6.20 Å². The molecule has 0 bridgehead atoms. The predicted molar refractivity (Wildman–Crippen MR) is 51.8 cm³/mol. The lowest BCUT2D eigenvalue weighted by atomic mass is 9.77. The molecule has 0 radical (unpaired) electrons. The third-order valence-corrected chi connectivity index (χ3v) is 1.90. The van der Waals surface area contributed by atoms with Crippen molar-refractivity contribution in [3.8, 4) is 11.5 Å². The van der Waals surface area contributed by atoms with Crippen LogP contribution in [0.5, 0.6) is 0 Å². The van der Waals surface area contributed by atoms with Crippen molar-refractivity contribution in [3.63, 3.8) is 0 Å². The number of benzene rings is 1. The molecule has 1 aromatic carbocycles. The summed E-state index contributed by atoms with van der Waals surface area (Å²) in [5, 5.41) is 18.2. The Morgan fingerprint density at radius 3 is 2.64 bits per heavy atom. The highest BCUT2D eigenvalue weighted by atomic mass is 16.4. The topological polar surface area (TPSA) is 66.5 Å². The molecule has 4 nitrogen and oxygen atoms in total. The number of oxazole rings is 1. The van der Waals surface area contributed by atoms with Crippen molar-refractivity contribution < 1.29 is 14.5 Å². The van der Waals surface area contributed by atoms with Crippen molar-refractivity contribution in [3.05, 3.63) is 36.7 Å². The molecule has 0 atom stereocenters. The number of hydrogen-bond acceptors (Lipinski definition) is 4. The van der Waals surface area contributed by atoms with Crippen molar-refractivity contribution in [2.75, 3.05) is 0 Å². The average Bonchev–Trinajstić information content (AvgIpc) is 2.70. The van der Waals surface area contributed by atoms with Crippen LogP contribution in [0.3, 0.4) is 0 Å². The summed E-state index contributed by atoms with van der Waals surface area (Å²) < 4.78 is 5.08. The minimum Gasteiger partial charge on any atom is -0.445 e. The van der Waals surface area contributed by atoms with Gasteiger partial charge in [0.2, 0.25) is 5.89 Å². The van der Waals surface area contributed by atoms with Crippen LogP contribution >= 0.6 is 0 Å². The third-order valence-electron chi connectivity index (χ3n) is 1.90. The maximum absolute atomic E-state index is 9.09. The fourth-order valence-corrected chi connectivity index (χ4v) is 1.27. The Hall–Kier alpha value is -1.59. The lowest BCUT2D eigenvalue weighted by Crippen LogP contribution is -2.31. The Labute approximate surface area is 81.0 Å². The number of aromatic nitrogens is 1. The van der Waals surface area contributed by atoms with Gasteiger partial charge in [0.25, 0.3) is 0 Å². The highest BCUT2D eigenvalue weighted by molar-refractivity contribution is 6.60. The molecule has 70 valence electrons. The first-order chi connectivity index (χ1) is 6.79. The summed E-state index contributed by atoms with van der Waals surface area (Å²) >= 11 is 0. The van der Waals surface area contributed by atoms with E-state index in [0.29, 0.717) is 16.9 Å². The van der Waals surface area contributed by atoms with E-state index in [2.05, 4.69) is 4.98 Å². The van der Waals surface area contributed by atoms with Crippen LogP contribution in [0, 0.1) is 0 Å². The van der Waals surface area contributed by atoms with Crippen molar-refractivity contribution >= 4 is 12.6 Å². The monoisotopic (exact) mass is 189 g/mol. The second-order valence-electron chi connectivity index (χ2n) is 2.80. The Bertz CT molecular complexity index is 414. The van der Waals surface area contributed by atoms with E-state index < -0.39 is 7.12 Å². The average molecular weight is 189 g/mol. The quantitative estimate of drug-likeness (QED) is 0.653. The van der Waals surface area contributed by atoms with Gasteiger partial charge in [0, 0.05) is 5.56 Å². The lowest BCUT2D eigenvalue weighted by Gasteiger charge is -2.03. The first-order valence-corrected chi connectivity index (χ1v) is 4.14. The molecule has 0 aliphatic carbocycles. The Morgan fingerprint density at radius 1 is 1.21 bits per heavy atom. The fourth-order valence-electron chi connectivity index (χ4n) is 1.27. The molecule has 0 unspecified atom stereocenters. The molecule has 0 saturated carbocycles. The Balaban J connectivity index is 2.53. The van der Waals surface area contributed by atoms with E-state index in [4.69, 9.17) is 14.5 Å². The van der Waals surface area contributed by atoms with Gasteiger partial charge in [-0.15, -0.1) is 0 Å². The van der Waals surface area contributed by atoms with Crippen molar-refractivity contribution in [1.29, 1.82) is 0 Å². The largest absolute Gasteiger partial charge is 0.489 e. The summed E-state index contributed by atoms with van der Waals surface area (Å²) in [6, 6.07) is 6.84. The smallest absolute Gasteiger partial charge is 0.445 e. The molecule has 0 spiro atoms. The molecule has 0 aliphatic heterocycles. The minimum atomic E-state index is -1.52. The van der Waals surface area contributed by atoms with Gasteiger partial charge in [-0.05, 0) is 11.5 Å². The zero-order valence-corrected chi connectivity index (χ0v) is 7.29. The van der Waals surface area contributed by atoms with E-state index in [9.17, 15) is 0 Å². The molecule has 1 heterocycles. The van der Waals surface area contributed by atoms with Crippen LogP contribution in [-0.2, 0) is 0 Å². The van der Waals surface area contributed by atoms with E-state index in [0.717, 1.165) is 0 Å². The molecule has 14 heavy (non-hydrogen) atoms. The van der Waals surface area contributed by atoms with Crippen molar-refractivity contribution in [1.82, 2.24) is 4.98 Å². The van der Waals surface area contributed by atoms with E-state index in [1.165, 1.54) is 12.5 Å². The molecule has 5 heteroatoms. The molecule has 2 N–H and O–H groups in total. The van der Waals surface area contributed by atoms with E-state index >= 15 is 0 Å². The summed E-state index contributed by atoms with van der Waals surface area (Å²) in [4.78, 5) is 3.94. The molecule has 0 fully saturated rings. The summed E-state index contributed by atoms with van der Waals surface area (Å²) in [5.74, 6) is 0.383. The van der Waals surface area contributed by atoms with Crippen LogP contribution in [0.1, 0.15) is 0 Å². The Morgan fingerprint density at radius 2 is 2.00 bits per heavy atom. The standard InChI is InChI=1S/C9H8BNO3/c12-10(13)8-4-2-1-3-7(8)9-11-5-6-14-9/h1-6,12-13H. The fraction of sp³-hybridized carbons (Fsp3) is 0. The van der Waals surface area contributed by atoms with Crippen LogP contribution in [0.15, 0.2) is 41.1 Å². The molecule has 2 aromatic rings. The second kappa shape index (κ2) is 3.65. The van der Waals surface area contributed by atoms with Gasteiger partial charge in [-0.3, -0.25) is 0 Å². The van der Waals surface area contributed by atoms with Crippen LogP contribution in [-0.4, -0.2) is 22.2 Å². The van der Waals surface area contributed by atoms with Gasteiger partial charge >= 0.3 is 7.12 Å². The molecule has 0 saturated heterocycles. The van der Waals surface area contributed by atoms with Gasteiger partial charge in [0.15, 0.2) is 0 Å². The van der Waals surface area contributed by atoms with Crippen LogP contribution in [0.25, 0.3) is 11.5 Å². The summed E-state index contributed by atoms with van der Waals surface area (Å²) in [6.07, 6.45) is 2.95. The van der Waals surface area contributed by atoms with E-state index in [1.807, 2.05) is 0 Å². The number of hydrogen-bond donors (Lipinski definition) is 2. The Kier molecular flexibility index (Phi) is 2.34. The summed E-state index contributed by atoms with van der Waals surface area (Å²) in [6.45, 7) is 0. The van der Waals surface area contributed by atoms with Gasteiger partial charge in [-0.2, -0.15) is 0 Å². The molecule has 0 aliphatic rings. The van der Waals surface area contributed by atoms with Gasteiger partial charge in [-0.25, -0.2) is 4.98 Å². The van der Waals surface area contributed by atoms with Crippen LogP contribution in [0.4, 0.5) is 0 Å². The first-order valence-electron chi connectivity index (χ1n) is 4.14. The SMILES string of the molecule is OB(O)c1ccccc1-c1ncco1. The number of nitrogens with zero attached hydrogens (tertiary/aromatic N) is 1. The predicted octanol–water partition coefficient (Wildman–Crippen LogP) is 0.0214. The van der Waals surface area contributed by atoms with Crippen LogP contribution < -0.4 is 5.46 Å². The molecule has 2 rings (SSSR count). The van der Waals surface area contributed by atoms with E-state index in [1.54, 1.807) is 24.3 Å². The van der Waals surface area contributed by atoms with Crippen molar-refractivity contribution in [2.45, 2.75) is 0 Å². The number of rotatable bonds is 2. The zero-order chi connectivity index (χ0) is 9.97. The normalized spacial score (nSPS) is 10.1. The maximum atomic E-state index is 9.09. The molecule has 1 aromatic heterocycles. The van der Waals surface area contributed by atoms with Gasteiger partial charge in [-0.1, -0.05) is 18.2 Å². The van der Waals surface area contributed by atoms with Crippen molar-refractivity contribution in [2.24, 2.45) is 0 Å². The lowest BCUT2D eigenvalue weighted by molar-refractivity contribution is 0.425. The molecular weight excluding hydrogens is 181 g/mol. The van der Waals surface area contributed by atoms with E-state index in [-0.39, 0.29) is 0 Å². The molecular formula is C9H8BNO3. The zero-order valence-electron chi connectivity index (χ0n) is 7.29. The van der Waals surface area contributed by atoms with Crippen LogP contribution in [0.2, 0.25) is 0 Å². The summed E-state index contributed by atoms with van der Waals surface area (Å²) in [5.41, 5.74) is 0.974. The highest BCUT2D eigenvalue weighted by Gasteiger charge is 2.18. The summed E-state index contributed by atoms with van der Waals surface area (Å²) in [7, 11) is -1.52.